The van der Waals surface area contributed by atoms with Crippen molar-refractivity contribution in [2.45, 2.75) is 19.4 Å². The molecule has 0 fully saturated rings. The van der Waals surface area contributed by atoms with Gasteiger partial charge in [0.25, 0.3) is 0 Å². The Morgan fingerprint density at radius 3 is 2.38 bits per heavy atom. The highest BCUT2D eigenvalue weighted by atomic mass is 19.4. The summed E-state index contributed by atoms with van der Waals surface area (Å²) in [5, 5.41) is 8.71. The van der Waals surface area contributed by atoms with E-state index >= 15 is 0 Å². The normalized spacial score (nSPS) is 11.1. The molecule has 21 heavy (non-hydrogen) atoms. The van der Waals surface area contributed by atoms with Gasteiger partial charge in [0.15, 0.2) is 0 Å². The molecule has 0 aliphatic heterocycles. The molecule has 1 aromatic heterocycles. The fourth-order valence-corrected chi connectivity index (χ4v) is 1.69. The predicted molar refractivity (Wildman–Crippen MR) is 68.9 cm³/mol. The first kappa shape index (κ1) is 15.0. The molecule has 0 spiro atoms. The fraction of sp³-hybridized carbons (Fsp3) is 0.200. The lowest BCUT2D eigenvalue weighted by molar-refractivity contribution is -0.137. The highest BCUT2D eigenvalue weighted by Gasteiger charge is 2.29. The Kier molecular flexibility index (Phi) is 4.55. The molecule has 0 radical (unpaired) electrons. The Hall–Kier alpha value is -2.39. The van der Waals surface area contributed by atoms with E-state index in [0.717, 1.165) is 12.1 Å². The Labute approximate surface area is 119 Å². The second kappa shape index (κ2) is 6.37. The number of rotatable bonds is 4. The van der Waals surface area contributed by atoms with Crippen LogP contribution in [0.4, 0.5) is 13.2 Å². The number of ether oxygens (including phenoxy) is 1. The molecule has 0 saturated heterocycles. The van der Waals surface area contributed by atoms with Crippen molar-refractivity contribution in [1.29, 1.82) is 5.26 Å². The summed E-state index contributed by atoms with van der Waals surface area (Å²) in [4.78, 5) is 4.03. The van der Waals surface area contributed by atoms with E-state index in [1.165, 1.54) is 12.1 Å². The van der Waals surface area contributed by atoms with E-state index in [1.54, 1.807) is 18.2 Å². The molecular formula is C15H11F3N2O. The summed E-state index contributed by atoms with van der Waals surface area (Å²) >= 11 is 0. The summed E-state index contributed by atoms with van der Waals surface area (Å²) in [6, 6.07) is 11.7. The topological polar surface area (TPSA) is 45.9 Å². The second-order valence-corrected chi connectivity index (χ2v) is 4.31. The van der Waals surface area contributed by atoms with Crippen LogP contribution in [0.25, 0.3) is 0 Å². The highest BCUT2D eigenvalue weighted by Crippen LogP contribution is 2.29. The van der Waals surface area contributed by atoms with Gasteiger partial charge in [-0.2, -0.15) is 18.4 Å². The number of nitriles is 1. The van der Waals surface area contributed by atoms with Crippen LogP contribution in [0.15, 0.2) is 42.5 Å². The first-order chi connectivity index (χ1) is 9.99. The quantitative estimate of drug-likeness (QED) is 0.863. The molecule has 0 saturated carbocycles. The molecule has 1 heterocycles. The van der Waals surface area contributed by atoms with E-state index in [4.69, 9.17) is 10.00 Å². The minimum absolute atomic E-state index is 0.177. The predicted octanol–water partition coefficient (Wildman–Crippen LogP) is 3.69. The van der Waals surface area contributed by atoms with Crippen LogP contribution in [0.1, 0.15) is 22.5 Å². The summed E-state index contributed by atoms with van der Waals surface area (Å²) in [7, 11) is 0. The van der Waals surface area contributed by atoms with Crippen LogP contribution < -0.4 is 0 Å². The van der Waals surface area contributed by atoms with E-state index < -0.39 is 11.7 Å². The van der Waals surface area contributed by atoms with Crippen molar-refractivity contribution < 1.29 is 17.9 Å². The number of hydrogen-bond donors (Lipinski definition) is 0. The lowest BCUT2D eigenvalue weighted by Gasteiger charge is -2.08. The summed E-state index contributed by atoms with van der Waals surface area (Å²) < 4.78 is 42.6. The molecule has 0 amide bonds. The van der Waals surface area contributed by atoms with Gasteiger partial charge in [0.05, 0.1) is 24.5 Å². The molecule has 2 aromatic rings. The van der Waals surface area contributed by atoms with Crippen molar-refractivity contribution in [2.75, 3.05) is 0 Å². The van der Waals surface area contributed by atoms with Crippen molar-refractivity contribution in [2.24, 2.45) is 0 Å². The van der Waals surface area contributed by atoms with Crippen molar-refractivity contribution in [3.05, 3.63) is 65.0 Å². The maximum atomic E-state index is 12.4. The highest BCUT2D eigenvalue weighted by molar-refractivity contribution is 5.24. The maximum absolute atomic E-state index is 12.4. The molecule has 0 unspecified atom stereocenters. The van der Waals surface area contributed by atoms with Gasteiger partial charge < -0.3 is 4.74 Å². The lowest BCUT2D eigenvalue weighted by Crippen LogP contribution is -2.04. The van der Waals surface area contributed by atoms with Gasteiger partial charge in [-0.25, -0.2) is 4.98 Å². The minimum atomic E-state index is -4.33. The third-order valence-corrected chi connectivity index (χ3v) is 2.72. The van der Waals surface area contributed by atoms with Crippen LogP contribution in [-0.4, -0.2) is 4.98 Å². The van der Waals surface area contributed by atoms with Gasteiger partial charge in [0.1, 0.15) is 11.8 Å². The number of hydrogen-bond acceptors (Lipinski definition) is 3. The molecule has 0 N–H and O–H groups in total. The first-order valence-corrected chi connectivity index (χ1v) is 6.09. The van der Waals surface area contributed by atoms with Gasteiger partial charge in [-0.1, -0.05) is 18.2 Å². The number of benzene rings is 1. The number of nitrogens with zero attached hydrogens (tertiary/aromatic N) is 2. The molecule has 0 bridgehead atoms. The smallest absolute Gasteiger partial charge is 0.370 e. The molecule has 2 rings (SSSR count). The van der Waals surface area contributed by atoms with E-state index in [2.05, 4.69) is 4.98 Å². The monoisotopic (exact) mass is 292 g/mol. The molecule has 108 valence electrons. The fourth-order valence-electron chi connectivity index (χ4n) is 1.69. The van der Waals surface area contributed by atoms with Crippen molar-refractivity contribution >= 4 is 0 Å². The van der Waals surface area contributed by atoms with Crippen LogP contribution in [0.2, 0.25) is 0 Å². The van der Waals surface area contributed by atoms with Gasteiger partial charge in [-0.05, 0) is 29.8 Å². The van der Waals surface area contributed by atoms with Crippen LogP contribution in [-0.2, 0) is 24.1 Å². The third kappa shape index (κ3) is 4.29. The standard InChI is InChI=1S/C15H11F3N2O/c16-15(17,18)12-6-4-11(5-7-12)9-21-10-14-3-1-2-13(8-19)20-14/h1-7H,9-10H2. The summed E-state index contributed by atoms with van der Waals surface area (Å²) in [5.41, 5.74) is 0.848. The van der Waals surface area contributed by atoms with Crippen molar-refractivity contribution in [1.82, 2.24) is 4.98 Å². The molecule has 0 aliphatic carbocycles. The number of alkyl halides is 3. The second-order valence-electron chi connectivity index (χ2n) is 4.31. The Bertz CT molecular complexity index is 645. The molecule has 0 aliphatic rings. The average Bonchev–Trinajstić information content (AvgIpc) is 2.47. The van der Waals surface area contributed by atoms with Gasteiger partial charge in [0.2, 0.25) is 0 Å². The molecule has 0 atom stereocenters. The van der Waals surface area contributed by atoms with Crippen LogP contribution in [0.3, 0.4) is 0 Å². The number of aromatic nitrogens is 1. The number of halogens is 3. The summed E-state index contributed by atoms with van der Waals surface area (Å²) in [6.07, 6.45) is -4.33. The lowest BCUT2D eigenvalue weighted by atomic mass is 10.1. The SMILES string of the molecule is N#Cc1cccc(COCc2ccc(C(F)(F)F)cc2)n1. The van der Waals surface area contributed by atoms with Crippen molar-refractivity contribution in [3.8, 4) is 6.07 Å². The van der Waals surface area contributed by atoms with Crippen LogP contribution in [0.5, 0.6) is 0 Å². The third-order valence-electron chi connectivity index (χ3n) is 2.72. The molecular weight excluding hydrogens is 281 g/mol. The maximum Gasteiger partial charge on any atom is 0.416 e. The van der Waals surface area contributed by atoms with E-state index in [0.29, 0.717) is 17.0 Å². The summed E-state index contributed by atoms with van der Waals surface area (Å²) in [6.45, 7) is 0.368. The zero-order valence-corrected chi connectivity index (χ0v) is 10.9. The minimum Gasteiger partial charge on any atom is -0.370 e. The van der Waals surface area contributed by atoms with Crippen molar-refractivity contribution in [3.63, 3.8) is 0 Å². The zero-order valence-electron chi connectivity index (χ0n) is 10.9. The molecule has 6 heteroatoms. The van der Waals surface area contributed by atoms with Gasteiger partial charge in [-0.15, -0.1) is 0 Å². The Morgan fingerprint density at radius 1 is 1.05 bits per heavy atom. The Morgan fingerprint density at radius 2 is 1.76 bits per heavy atom. The largest absolute Gasteiger partial charge is 0.416 e. The number of pyridine rings is 1. The van der Waals surface area contributed by atoms with Crippen LogP contribution in [0, 0.1) is 11.3 Å². The van der Waals surface area contributed by atoms with E-state index in [-0.39, 0.29) is 13.2 Å². The average molecular weight is 292 g/mol. The van der Waals surface area contributed by atoms with E-state index in [9.17, 15) is 13.2 Å². The molecule has 1 aromatic carbocycles. The van der Waals surface area contributed by atoms with Gasteiger partial charge >= 0.3 is 6.18 Å². The van der Waals surface area contributed by atoms with Gasteiger partial charge in [0, 0.05) is 0 Å². The summed E-state index contributed by atoms with van der Waals surface area (Å²) in [5.74, 6) is 0. The zero-order chi connectivity index (χ0) is 15.3. The molecule has 3 nitrogen and oxygen atoms in total. The van der Waals surface area contributed by atoms with E-state index in [1.807, 2.05) is 6.07 Å². The Balaban J connectivity index is 1.90. The van der Waals surface area contributed by atoms with Crippen LogP contribution >= 0.6 is 0 Å². The first-order valence-electron chi connectivity index (χ1n) is 6.09. The van der Waals surface area contributed by atoms with Gasteiger partial charge in [-0.3, -0.25) is 0 Å².